The van der Waals surface area contributed by atoms with E-state index in [1.54, 1.807) is 18.0 Å². The second-order valence-corrected chi connectivity index (χ2v) is 4.85. The lowest BCUT2D eigenvalue weighted by molar-refractivity contribution is 0.623. The van der Waals surface area contributed by atoms with Crippen LogP contribution in [0.15, 0.2) is 17.4 Å². The van der Waals surface area contributed by atoms with Crippen LogP contribution < -0.4 is 0 Å². The van der Waals surface area contributed by atoms with Gasteiger partial charge in [-0.3, -0.25) is 0 Å². The molecule has 1 aromatic heterocycles. The first-order chi connectivity index (χ1) is 7.38. The minimum atomic E-state index is 0.389. The van der Waals surface area contributed by atoms with E-state index in [0.29, 0.717) is 5.69 Å². The molecule has 1 aromatic rings. The SMILES string of the molecule is N#Cc1cnc(SCC2CCCC2)cn1. The molecule has 1 aliphatic carbocycles. The van der Waals surface area contributed by atoms with Crippen LogP contribution in [0.1, 0.15) is 31.4 Å². The Hall–Kier alpha value is -1.08. The van der Waals surface area contributed by atoms with Crippen molar-refractivity contribution in [1.29, 1.82) is 5.26 Å². The van der Waals surface area contributed by atoms with Crippen molar-refractivity contribution in [3.63, 3.8) is 0 Å². The van der Waals surface area contributed by atoms with Crippen LogP contribution in [-0.2, 0) is 0 Å². The van der Waals surface area contributed by atoms with Gasteiger partial charge in [0, 0.05) is 5.75 Å². The van der Waals surface area contributed by atoms with Gasteiger partial charge in [0.1, 0.15) is 11.1 Å². The highest BCUT2D eigenvalue weighted by Crippen LogP contribution is 2.29. The van der Waals surface area contributed by atoms with E-state index in [9.17, 15) is 0 Å². The van der Waals surface area contributed by atoms with Crippen LogP contribution in [0, 0.1) is 17.2 Å². The summed E-state index contributed by atoms with van der Waals surface area (Å²) >= 11 is 1.75. The minimum Gasteiger partial charge on any atom is -0.245 e. The smallest absolute Gasteiger partial charge is 0.158 e. The molecule has 78 valence electrons. The Morgan fingerprint density at radius 1 is 1.33 bits per heavy atom. The molecule has 3 nitrogen and oxygen atoms in total. The van der Waals surface area contributed by atoms with Crippen LogP contribution in [0.5, 0.6) is 0 Å². The van der Waals surface area contributed by atoms with Gasteiger partial charge in [0.15, 0.2) is 5.69 Å². The van der Waals surface area contributed by atoms with Gasteiger partial charge in [0.2, 0.25) is 0 Å². The second-order valence-electron chi connectivity index (χ2n) is 3.81. The Balaban J connectivity index is 1.85. The highest BCUT2D eigenvalue weighted by atomic mass is 32.2. The first-order valence-corrected chi connectivity index (χ1v) is 6.22. The summed E-state index contributed by atoms with van der Waals surface area (Å²) in [7, 11) is 0. The summed E-state index contributed by atoms with van der Waals surface area (Å²) in [6, 6.07) is 1.97. The molecule has 1 saturated carbocycles. The van der Waals surface area contributed by atoms with E-state index < -0.39 is 0 Å². The zero-order valence-electron chi connectivity index (χ0n) is 8.52. The molecule has 0 bridgehead atoms. The lowest BCUT2D eigenvalue weighted by Crippen LogP contribution is -1.97. The molecule has 15 heavy (non-hydrogen) atoms. The topological polar surface area (TPSA) is 49.6 Å². The maximum absolute atomic E-state index is 8.57. The molecular weight excluding hydrogens is 206 g/mol. The minimum absolute atomic E-state index is 0.389. The van der Waals surface area contributed by atoms with Gasteiger partial charge in [0.25, 0.3) is 0 Å². The van der Waals surface area contributed by atoms with Crippen LogP contribution in [0.4, 0.5) is 0 Å². The molecule has 0 unspecified atom stereocenters. The molecule has 4 heteroatoms. The number of thioether (sulfide) groups is 1. The van der Waals surface area contributed by atoms with Gasteiger partial charge in [-0.1, -0.05) is 12.8 Å². The molecule has 1 heterocycles. The van der Waals surface area contributed by atoms with Crippen LogP contribution >= 0.6 is 11.8 Å². The number of hydrogen-bond acceptors (Lipinski definition) is 4. The molecule has 0 spiro atoms. The molecule has 0 amide bonds. The fraction of sp³-hybridized carbons (Fsp3) is 0.545. The van der Waals surface area contributed by atoms with Crippen molar-refractivity contribution in [2.24, 2.45) is 5.92 Å². The van der Waals surface area contributed by atoms with Gasteiger partial charge in [-0.05, 0) is 18.8 Å². The summed E-state index contributed by atoms with van der Waals surface area (Å²) < 4.78 is 0. The normalized spacial score (nSPS) is 16.5. The van der Waals surface area contributed by atoms with E-state index >= 15 is 0 Å². The molecule has 0 saturated heterocycles. The van der Waals surface area contributed by atoms with E-state index in [1.165, 1.54) is 31.9 Å². The van der Waals surface area contributed by atoms with E-state index in [2.05, 4.69) is 9.97 Å². The summed E-state index contributed by atoms with van der Waals surface area (Å²) in [4.78, 5) is 8.19. The molecule has 0 radical (unpaired) electrons. The quantitative estimate of drug-likeness (QED) is 0.733. The Morgan fingerprint density at radius 2 is 2.13 bits per heavy atom. The maximum atomic E-state index is 8.57. The molecule has 0 N–H and O–H groups in total. The summed E-state index contributed by atoms with van der Waals surface area (Å²) in [5.74, 6) is 1.99. The first-order valence-electron chi connectivity index (χ1n) is 5.23. The molecule has 0 aromatic carbocycles. The van der Waals surface area contributed by atoms with Crippen molar-refractivity contribution >= 4 is 11.8 Å². The van der Waals surface area contributed by atoms with E-state index in [0.717, 1.165) is 16.7 Å². The van der Waals surface area contributed by atoms with Gasteiger partial charge >= 0.3 is 0 Å². The molecule has 1 fully saturated rings. The fourth-order valence-electron chi connectivity index (χ4n) is 1.83. The summed E-state index contributed by atoms with van der Waals surface area (Å²) in [6.07, 6.45) is 8.71. The van der Waals surface area contributed by atoms with Crippen molar-refractivity contribution in [2.45, 2.75) is 30.7 Å². The summed E-state index contributed by atoms with van der Waals surface area (Å²) in [5, 5.41) is 9.50. The van der Waals surface area contributed by atoms with E-state index in [4.69, 9.17) is 5.26 Å². The average molecular weight is 219 g/mol. The van der Waals surface area contributed by atoms with Gasteiger partial charge in [0.05, 0.1) is 12.4 Å². The van der Waals surface area contributed by atoms with Gasteiger partial charge in [-0.25, -0.2) is 9.97 Å². The van der Waals surface area contributed by atoms with Crippen molar-refractivity contribution in [3.8, 4) is 6.07 Å². The average Bonchev–Trinajstić information content (AvgIpc) is 2.80. The molecule has 0 aliphatic heterocycles. The number of rotatable bonds is 3. The number of hydrogen-bond donors (Lipinski definition) is 0. The van der Waals surface area contributed by atoms with Crippen LogP contribution in [0.2, 0.25) is 0 Å². The zero-order valence-corrected chi connectivity index (χ0v) is 9.33. The highest BCUT2D eigenvalue weighted by molar-refractivity contribution is 7.99. The predicted molar refractivity (Wildman–Crippen MR) is 59.4 cm³/mol. The van der Waals surface area contributed by atoms with E-state index in [-0.39, 0.29) is 0 Å². The Labute approximate surface area is 93.9 Å². The monoisotopic (exact) mass is 219 g/mol. The standard InChI is InChI=1S/C11H13N3S/c12-5-10-6-14-11(7-13-10)15-8-9-3-1-2-4-9/h6-7,9H,1-4,8H2. The van der Waals surface area contributed by atoms with E-state index in [1.807, 2.05) is 6.07 Å². The van der Waals surface area contributed by atoms with Crippen LogP contribution in [0.3, 0.4) is 0 Å². The molecule has 1 aliphatic rings. The highest BCUT2D eigenvalue weighted by Gasteiger charge is 2.15. The lowest BCUT2D eigenvalue weighted by atomic mass is 10.1. The summed E-state index contributed by atoms with van der Waals surface area (Å²) in [6.45, 7) is 0. The summed E-state index contributed by atoms with van der Waals surface area (Å²) in [5.41, 5.74) is 0.389. The predicted octanol–water partition coefficient (Wildman–Crippen LogP) is 2.63. The Kier molecular flexibility index (Phi) is 3.57. The van der Waals surface area contributed by atoms with Crippen LogP contribution in [-0.4, -0.2) is 15.7 Å². The maximum Gasteiger partial charge on any atom is 0.158 e. The number of nitriles is 1. The third kappa shape index (κ3) is 2.93. The lowest BCUT2D eigenvalue weighted by Gasteiger charge is -2.06. The van der Waals surface area contributed by atoms with Crippen LogP contribution in [0.25, 0.3) is 0 Å². The molecule has 2 rings (SSSR count). The third-order valence-corrected chi connectivity index (χ3v) is 3.83. The van der Waals surface area contributed by atoms with Gasteiger partial charge in [-0.15, -0.1) is 11.8 Å². The van der Waals surface area contributed by atoms with Gasteiger partial charge < -0.3 is 0 Å². The van der Waals surface area contributed by atoms with Crippen molar-refractivity contribution in [2.75, 3.05) is 5.75 Å². The Morgan fingerprint density at radius 3 is 2.73 bits per heavy atom. The molecular formula is C11H13N3S. The van der Waals surface area contributed by atoms with Crippen molar-refractivity contribution < 1.29 is 0 Å². The second kappa shape index (κ2) is 5.13. The Bertz CT molecular complexity index is 349. The number of aromatic nitrogens is 2. The van der Waals surface area contributed by atoms with Crippen molar-refractivity contribution in [1.82, 2.24) is 9.97 Å². The fourth-order valence-corrected chi connectivity index (χ4v) is 2.82. The van der Waals surface area contributed by atoms with Gasteiger partial charge in [-0.2, -0.15) is 5.26 Å². The van der Waals surface area contributed by atoms with Crippen molar-refractivity contribution in [3.05, 3.63) is 18.1 Å². The molecule has 0 atom stereocenters. The zero-order chi connectivity index (χ0) is 10.5. The first kappa shape index (κ1) is 10.4. The number of nitrogens with zero attached hydrogens (tertiary/aromatic N) is 3. The largest absolute Gasteiger partial charge is 0.245 e. The third-order valence-electron chi connectivity index (χ3n) is 2.68.